The van der Waals surface area contributed by atoms with E-state index >= 15 is 0 Å². The molecular formula is C13H13N3O. The Morgan fingerprint density at radius 1 is 1.12 bits per heavy atom. The van der Waals surface area contributed by atoms with E-state index in [1.165, 1.54) is 5.56 Å². The molecule has 0 radical (unpaired) electrons. The van der Waals surface area contributed by atoms with Crippen LogP contribution in [0.2, 0.25) is 0 Å². The van der Waals surface area contributed by atoms with E-state index < -0.39 is 0 Å². The molecule has 1 N–H and O–H groups in total. The molecule has 1 aromatic carbocycles. The normalized spacial score (nSPS) is 18.0. The van der Waals surface area contributed by atoms with Crippen LogP contribution in [0.15, 0.2) is 42.7 Å². The molecule has 2 heterocycles. The predicted octanol–water partition coefficient (Wildman–Crippen LogP) is 2.41. The van der Waals surface area contributed by atoms with Gasteiger partial charge in [-0.1, -0.05) is 18.2 Å². The number of para-hydroxylation sites is 1. The molecule has 4 nitrogen and oxygen atoms in total. The summed E-state index contributed by atoms with van der Waals surface area (Å²) in [5.74, 6) is 1.61. The second-order valence-electron chi connectivity index (χ2n) is 3.94. The summed E-state index contributed by atoms with van der Waals surface area (Å²) in [5, 5.41) is 3.33. The third-order valence-corrected chi connectivity index (χ3v) is 2.83. The fourth-order valence-electron chi connectivity index (χ4n) is 2.02. The van der Waals surface area contributed by atoms with Crippen molar-refractivity contribution in [3.63, 3.8) is 0 Å². The van der Waals surface area contributed by atoms with Crippen molar-refractivity contribution in [3.05, 3.63) is 48.3 Å². The molecule has 0 spiro atoms. The second-order valence-corrected chi connectivity index (χ2v) is 3.94. The largest absolute Gasteiger partial charge is 0.493 e. The van der Waals surface area contributed by atoms with Crippen molar-refractivity contribution in [1.29, 1.82) is 0 Å². The lowest BCUT2D eigenvalue weighted by atomic mass is 10.0. The summed E-state index contributed by atoms with van der Waals surface area (Å²) in [6, 6.07) is 10.1. The number of fused-ring (bicyclic) bond motifs is 1. The molecule has 0 amide bonds. The minimum Gasteiger partial charge on any atom is -0.493 e. The van der Waals surface area contributed by atoms with Gasteiger partial charge in [-0.3, -0.25) is 0 Å². The first-order valence-corrected chi connectivity index (χ1v) is 5.69. The maximum Gasteiger partial charge on any atom is 0.223 e. The molecule has 4 heteroatoms. The standard InChI is InChI=1S/C13H13N3O/c1-2-5-12-10(4-1)11(6-9-17-12)16-13-14-7-3-8-15-13/h1-5,7-8,11H,6,9H2,(H,14,15,16)/t11-/m0/s1. The summed E-state index contributed by atoms with van der Waals surface area (Å²) in [6.45, 7) is 0.724. The van der Waals surface area contributed by atoms with Crippen LogP contribution in [0.25, 0.3) is 0 Å². The molecule has 1 aliphatic rings. The number of ether oxygens (including phenoxy) is 1. The zero-order valence-corrected chi connectivity index (χ0v) is 9.34. The van der Waals surface area contributed by atoms with E-state index in [1.54, 1.807) is 12.4 Å². The summed E-state index contributed by atoms with van der Waals surface area (Å²) in [6.07, 6.45) is 4.40. The van der Waals surface area contributed by atoms with Crippen LogP contribution in [-0.4, -0.2) is 16.6 Å². The summed E-state index contributed by atoms with van der Waals surface area (Å²) in [7, 11) is 0. The van der Waals surface area contributed by atoms with Crippen molar-refractivity contribution in [2.75, 3.05) is 11.9 Å². The van der Waals surface area contributed by atoms with Crippen LogP contribution in [0.4, 0.5) is 5.95 Å². The van der Waals surface area contributed by atoms with Gasteiger partial charge in [0.1, 0.15) is 5.75 Å². The lowest BCUT2D eigenvalue weighted by Gasteiger charge is -2.26. The van der Waals surface area contributed by atoms with Crippen LogP contribution in [0.3, 0.4) is 0 Å². The Hall–Kier alpha value is -2.10. The van der Waals surface area contributed by atoms with Gasteiger partial charge in [0.05, 0.1) is 12.6 Å². The highest BCUT2D eigenvalue weighted by molar-refractivity contribution is 5.41. The number of nitrogens with one attached hydrogen (secondary N) is 1. The Morgan fingerprint density at radius 3 is 2.82 bits per heavy atom. The van der Waals surface area contributed by atoms with Crippen molar-refractivity contribution in [1.82, 2.24) is 9.97 Å². The SMILES string of the molecule is c1cnc(N[C@H]2CCOc3ccccc32)nc1. The van der Waals surface area contributed by atoms with Gasteiger partial charge < -0.3 is 10.1 Å². The summed E-state index contributed by atoms with van der Waals surface area (Å²) >= 11 is 0. The zero-order valence-electron chi connectivity index (χ0n) is 9.34. The maximum atomic E-state index is 5.61. The molecule has 0 saturated heterocycles. The molecule has 0 fully saturated rings. The third-order valence-electron chi connectivity index (χ3n) is 2.83. The quantitative estimate of drug-likeness (QED) is 0.855. The average molecular weight is 227 g/mol. The van der Waals surface area contributed by atoms with Crippen LogP contribution in [-0.2, 0) is 0 Å². The van der Waals surface area contributed by atoms with Crippen molar-refractivity contribution < 1.29 is 4.74 Å². The van der Waals surface area contributed by atoms with E-state index in [2.05, 4.69) is 21.4 Å². The van der Waals surface area contributed by atoms with Gasteiger partial charge in [-0.15, -0.1) is 0 Å². The van der Waals surface area contributed by atoms with E-state index in [0.717, 1.165) is 18.8 Å². The number of rotatable bonds is 2. The maximum absolute atomic E-state index is 5.61. The van der Waals surface area contributed by atoms with Crippen LogP contribution in [0.1, 0.15) is 18.0 Å². The first kappa shape index (κ1) is 10.1. The van der Waals surface area contributed by atoms with Crippen LogP contribution >= 0.6 is 0 Å². The predicted molar refractivity (Wildman–Crippen MR) is 64.9 cm³/mol. The van der Waals surface area contributed by atoms with E-state index in [0.29, 0.717) is 5.95 Å². The molecule has 0 saturated carbocycles. The van der Waals surface area contributed by atoms with Crippen LogP contribution < -0.4 is 10.1 Å². The first-order chi connectivity index (χ1) is 8.43. The van der Waals surface area contributed by atoms with E-state index in [1.807, 2.05) is 24.3 Å². The fraction of sp³-hybridized carbons (Fsp3) is 0.231. The van der Waals surface area contributed by atoms with Gasteiger partial charge in [-0.05, 0) is 12.1 Å². The van der Waals surface area contributed by atoms with Gasteiger partial charge in [-0.25, -0.2) is 9.97 Å². The van der Waals surface area contributed by atoms with Gasteiger partial charge >= 0.3 is 0 Å². The van der Waals surface area contributed by atoms with Crippen LogP contribution in [0.5, 0.6) is 5.75 Å². The third kappa shape index (κ3) is 2.06. The zero-order chi connectivity index (χ0) is 11.5. The first-order valence-electron chi connectivity index (χ1n) is 5.69. The monoisotopic (exact) mass is 227 g/mol. The Bertz CT molecular complexity index is 501. The van der Waals surface area contributed by atoms with Crippen molar-refractivity contribution in [3.8, 4) is 5.75 Å². The molecule has 3 rings (SSSR count). The number of hydrogen-bond acceptors (Lipinski definition) is 4. The number of hydrogen-bond donors (Lipinski definition) is 1. The smallest absolute Gasteiger partial charge is 0.223 e. The second kappa shape index (κ2) is 4.41. The molecule has 86 valence electrons. The number of aromatic nitrogens is 2. The van der Waals surface area contributed by atoms with Gasteiger partial charge in [0.2, 0.25) is 5.95 Å². The minimum absolute atomic E-state index is 0.224. The Morgan fingerprint density at radius 2 is 1.94 bits per heavy atom. The highest BCUT2D eigenvalue weighted by Gasteiger charge is 2.21. The molecule has 1 aromatic heterocycles. The van der Waals surface area contributed by atoms with Gasteiger partial charge in [0.15, 0.2) is 0 Å². The Balaban J connectivity index is 1.86. The van der Waals surface area contributed by atoms with E-state index in [4.69, 9.17) is 4.74 Å². The summed E-state index contributed by atoms with van der Waals surface area (Å²) in [5.41, 5.74) is 1.17. The molecule has 17 heavy (non-hydrogen) atoms. The molecule has 1 aliphatic heterocycles. The minimum atomic E-state index is 0.224. The number of anilines is 1. The highest BCUT2D eigenvalue weighted by atomic mass is 16.5. The Kier molecular flexibility index (Phi) is 2.62. The van der Waals surface area contributed by atoms with E-state index in [-0.39, 0.29) is 6.04 Å². The molecule has 1 atom stereocenters. The lowest BCUT2D eigenvalue weighted by molar-refractivity contribution is 0.274. The molecular weight excluding hydrogens is 214 g/mol. The molecule has 0 unspecified atom stereocenters. The number of nitrogens with zero attached hydrogens (tertiary/aromatic N) is 2. The van der Waals surface area contributed by atoms with Crippen molar-refractivity contribution >= 4 is 5.95 Å². The van der Waals surface area contributed by atoms with Crippen molar-refractivity contribution in [2.45, 2.75) is 12.5 Å². The number of benzene rings is 1. The topological polar surface area (TPSA) is 47.0 Å². The average Bonchev–Trinajstić information content (AvgIpc) is 2.40. The Labute approximate surface area is 99.7 Å². The summed E-state index contributed by atoms with van der Waals surface area (Å²) in [4.78, 5) is 8.37. The molecule has 2 aromatic rings. The molecule has 0 aliphatic carbocycles. The van der Waals surface area contributed by atoms with Crippen LogP contribution in [0, 0.1) is 0 Å². The van der Waals surface area contributed by atoms with Gasteiger partial charge in [-0.2, -0.15) is 0 Å². The fourth-order valence-corrected chi connectivity index (χ4v) is 2.02. The highest BCUT2D eigenvalue weighted by Crippen LogP contribution is 2.33. The van der Waals surface area contributed by atoms with Crippen molar-refractivity contribution in [2.24, 2.45) is 0 Å². The molecule has 0 bridgehead atoms. The van der Waals surface area contributed by atoms with Gasteiger partial charge in [0, 0.05) is 24.4 Å². The summed E-state index contributed by atoms with van der Waals surface area (Å²) < 4.78 is 5.61. The lowest BCUT2D eigenvalue weighted by Crippen LogP contribution is -2.21. The van der Waals surface area contributed by atoms with Gasteiger partial charge in [0.25, 0.3) is 0 Å². The van der Waals surface area contributed by atoms with E-state index in [9.17, 15) is 0 Å².